The Balaban J connectivity index is -0.000000710. The Kier molecular flexibility index (Phi) is 40.9. The van der Waals surface area contributed by atoms with Crippen molar-refractivity contribution in [3.05, 3.63) is 29.3 Å². The Labute approximate surface area is 288 Å². The zero-order valence-electron chi connectivity index (χ0n) is 29.5. The third-order valence-electron chi connectivity index (χ3n) is 7.09. The average Bonchev–Trinajstić information content (AvgIpc) is 2.90. The molecule has 0 heterocycles. The molecule has 1 aromatic rings. The number of rotatable bonds is 23. The number of hydrogen-bond acceptors (Lipinski definition) is 4. The third kappa shape index (κ3) is 36.2. The predicted molar refractivity (Wildman–Crippen MR) is 186 cm³/mol. The first kappa shape index (κ1) is 50.6. The number of aliphatic hydroxyl groups excluding tert-OH is 2. The summed E-state index contributed by atoms with van der Waals surface area (Å²) in [7, 11) is -4.17. The Bertz CT molecular complexity index is 803. The van der Waals surface area contributed by atoms with Crippen LogP contribution in [0.3, 0.4) is 0 Å². The molecular weight excluding hydrogens is 608 g/mol. The van der Waals surface area contributed by atoms with E-state index in [0.717, 1.165) is 43.2 Å². The van der Waals surface area contributed by atoms with Gasteiger partial charge in [-0.15, -0.1) is 0 Å². The minimum Gasteiger partial charge on any atom is -0.412 e. The second-order valence-electron chi connectivity index (χ2n) is 12.4. The van der Waals surface area contributed by atoms with Crippen LogP contribution in [0.25, 0.3) is 0 Å². The summed E-state index contributed by atoms with van der Waals surface area (Å²) in [5.41, 5.74) is 1.98. The zero-order valence-corrected chi connectivity index (χ0v) is 31.9. The molecule has 5 N–H and O–H groups in total. The van der Waals surface area contributed by atoms with Gasteiger partial charge >= 0.3 is 0 Å². The number of benzene rings is 1. The van der Waals surface area contributed by atoms with Gasteiger partial charge in [0.1, 0.15) is 0 Å². The van der Waals surface area contributed by atoms with Crippen LogP contribution in [-0.4, -0.2) is 40.9 Å². The van der Waals surface area contributed by atoms with Gasteiger partial charge in [-0.05, 0) is 70.6 Å². The smallest absolute Gasteiger partial charge is 0.294 e. The molecule has 44 heavy (non-hydrogen) atoms. The van der Waals surface area contributed by atoms with Crippen LogP contribution in [0.4, 0.5) is 0 Å². The van der Waals surface area contributed by atoms with Crippen LogP contribution in [0, 0.1) is 0 Å². The van der Waals surface area contributed by atoms with Crippen molar-refractivity contribution in [2.24, 2.45) is 0 Å². The van der Waals surface area contributed by atoms with Gasteiger partial charge in [-0.1, -0.05) is 142 Å². The van der Waals surface area contributed by atoms with E-state index in [9.17, 15) is 13.0 Å². The Hall–Kier alpha value is -0.276. The van der Waals surface area contributed by atoms with Crippen molar-refractivity contribution in [1.29, 1.82) is 0 Å². The molecule has 0 bridgehead atoms. The Morgan fingerprint density at radius 2 is 0.864 bits per heavy atom. The van der Waals surface area contributed by atoms with Crippen molar-refractivity contribution in [1.82, 2.24) is 0 Å². The van der Waals surface area contributed by atoms with Crippen LogP contribution in [0.2, 0.25) is 0 Å². The summed E-state index contributed by atoms with van der Waals surface area (Å²) < 4.78 is 33.7. The van der Waals surface area contributed by atoms with Crippen molar-refractivity contribution < 1.29 is 50.4 Å². The first-order valence-electron chi connectivity index (χ1n) is 17.4. The molecule has 1 aromatic carbocycles. The molecule has 0 aliphatic carbocycles. The first-order chi connectivity index (χ1) is 20.0. The van der Waals surface area contributed by atoms with Gasteiger partial charge in [0.05, 0.1) is 4.90 Å². The second-order valence-corrected chi connectivity index (χ2v) is 13.8. The van der Waals surface area contributed by atoms with Gasteiger partial charge in [-0.25, -0.2) is 0 Å². The van der Waals surface area contributed by atoms with Crippen LogP contribution < -0.4 is 0 Å². The summed E-state index contributed by atoms with van der Waals surface area (Å²) in [6.45, 7) is 11.4. The predicted octanol–water partition coefficient (Wildman–Crippen LogP) is 9.81. The summed E-state index contributed by atoms with van der Waals surface area (Å²) in [4.78, 5) is 0.132. The molecule has 0 radical (unpaired) electrons. The van der Waals surface area contributed by atoms with E-state index in [0.29, 0.717) is 0 Å². The monoisotopic (exact) mass is 680 g/mol. The van der Waals surface area contributed by atoms with Crippen molar-refractivity contribution in [3.8, 4) is 0 Å². The molecule has 0 aliphatic heterocycles. The molecule has 0 saturated carbocycles. The maximum atomic E-state index is 12.0. The van der Waals surface area contributed by atoms with Gasteiger partial charge in [-0.2, -0.15) is 8.42 Å². The van der Waals surface area contributed by atoms with Crippen LogP contribution in [0.5, 0.6) is 0 Å². The van der Waals surface area contributed by atoms with E-state index in [-0.39, 0.29) is 44.3 Å². The van der Waals surface area contributed by atoms with E-state index in [2.05, 4.69) is 19.9 Å². The fourth-order valence-corrected chi connectivity index (χ4v) is 5.76. The van der Waals surface area contributed by atoms with E-state index in [1.54, 1.807) is 39.8 Å². The number of unbranched alkanes of at least 4 members (excludes halogenated alkanes) is 18. The van der Waals surface area contributed by atoms with E-state index in [4.69, 9.17) is 10.2 Å². The Morgan fingerprint density at radius 3 is 1.18 bits per heavy atom. The van der Waals surface area contributed by atoms with Crippen LogP contribution in [-0.2, 0) is 44.7 Å². The zero-order chi connectivity index (χ0) is 32.1. The molecule has 0 saturated heterocycles. The van der Waals surface area contributed by atoms with E-state index < -0.39 is 10.1 Å². The largest absolute Gasteiger partial charge is 0.412 e. The minimum atomic E-state index is -4.17. The SMILES string of the molecule is CC(C)O.CC(C)O.CCCCCCCCCCCCc1cccc(S(=O)(=O)O)c1CCCCCCCCCCCC.O.[Ti]. The summed E-state index contributed by atoms with van der Waals surface area (Å²) >= 11 is 0. The van der Waals surface area contributed by atoms with E-state index in [1.165, 1.54) is 109 Å². The fraction of sp³-hybridized carbons (Fsp3) is 0.833. The van der Waals surface area contributed by atoms with Gasteiger partial charge in [0, 0.05) is 33.9 Å². The summed E-state index contributed by atoms with van der Waals surface area (Å²) in [6.07, 6.45) is 27.0. The van der Waals surface area contributed by atoms with Crippen molar-refractivity contribution in [2.75, 3.05) is 0 Å². The molecule has 0 atom stereocenters. The topological polar surface area (TPSA) is 126 Å². The maximum absolute atomic E-state index is 12.0. The number of aryl methyl sites for hydroxylation is 1. The molecular formula is C36H72O6STi. The fourth-order valence-electron chi connectivity index (χ4n) is 4.96. The van der Waals surface area contributed by atoms with Crippen molar-refractivity contribution >= 4 is 10.1 Å². The Morgan fingerprint density at radius 1 is 0.568 bits per heavy atom. The van der Waals surface area contributed by atoms with E-state index in [1.807, 2.05) is 0 Å². The van der Waals surface area contributed by atoms with E-state index >= 15 is 0 Å². The molecule has 0 unspecified atom stereocenters. The maximum Gasteiger partial charge on any atom is 0.294 e. The average molecular weight is 681 g/mol. The molecule has 0 spiro atoms. The standard InChI is InChI=1S/C30H54O3S.2C3H8O.H2O.Ti/c1-3-5-7-9-11-13-15-17-19-21-24-28-25-23-27-30(34(31,32)33)29(28)26-22-20-18-16-14-12-10-8-6-4-2;2*1-3(2)4;;/h23,25,27H,3-22,24,26H2,1-2H3,(H,31,32,33);2*3-4H,1-2H3;1H2;. The molecule has 0 aliphatic rings. The molecule has 0 fully saturated rings. The van der Waals surface area contributed by atoms with Gasteiger partial charge in [0.25, 0.3) is 10.1 Å². The van der Waals surface area contributed by atoms with Gasteiger partial charge < -0.3 is 15.7 Å². The first-order valence-corrected chi connectivity index (χ1v) is 18.9. The summed E-state index contributed by atoms with van der Waals surface area (Å²) in [5, 5.41) is 16.1. The molecule has 262 valence electrons. The molecule has 1 rings (SSSR count). The second kappa shape index (κ2) is 35.6. The minimum absolute atomic E-state index is 0. The van der Waals surface area contributed by atoms with Gasteiger partial charge in [0.15, 0.2) is 0 Å². The van der Waals surface area contributed by atoms with Crippen LogP contribution in [0.15, 0.2) is 23.1 Å². The van der Waals surface area contributed by atoms with Gasteiger partial charge in [-0.3, -0.25) is 4.55 Å². The van der Waals surface area contributed by atoms with Crippen molar-refractivity contribution in [2.45, 2.75) is 200 Å². The quantitative estimate of drug-likeness (QED) is 0.0603. The molecule has 0 amide bonds. The van der Waals surface area contributed by atoms with Crippen molar-refractivity contribution in [3.63, 3.8) is 0 Å². The molecule has 6 nitrogen and oxygen atoms in total. The number of aliphatic hydroxyl groups is 2. The number of hydrogen-bond donors (Lipinski definition) is 3. The van der Waals surface area contributed by atoms with Gasteiger partial charge in [0.2, 0.25) is 0 Å². The molecule has 0 aromatic heterocycles. The molecule has 8 heteroatoms. The third-order valence-corrected chi connectivity index (χ3v) is 8.03. The van der Waals surface area contributed by atoms with Crippen LogP contribution in [0.1, 0.15) is 181 Å². The normalized spacial score (nSPS) is 10.8. The summed E-state index contributed by atoms with van der Waals surface area (Å²) in [5.74, 6) is 0. The van der Waals surface area contributed by atoms with Crippen LogP contribution >= 0.6 is 0 Å². The summed E-state index contributed by atoms with van der Waals surface area (Å²) in [6, 6.07) is 5.42.